The summed E-state index contributed by atoms with van der Waals surface area (Å²) >= 11 is 6.19. The second-order valence-corrected chi connectivity index (χ2v) is 7.63. The van der Waals surface area contributed by atoms with Crippen LogP contribution in [0.1, 0.15) is 23.2 Å². The first-order valence-corrected chi connectivity index (χ1v) is 10.3. The van der Waals surface area contributed by atoms with E-state index >= 15 is 0 Å². The van der Waals surface area contributed by atoms with Crippen molar-refractivity contribution in [1.29, 1.82) is 0 Å². The summed E-state index contributed by atoms with van der Waals surface area (Å²) in [6, 6.07) is 12.7. The number of benzene rings is 2. The molecule has 0 radical (unpaired) electrons. The van der Waals surface area contributed by atoms with Crippen LogP contribution >= 0.6 is 11.6 Å². The number of rotatable bonds is 6. The molecule has 0 unspecified atom stereocenters. The lowest BCUT2D eigenvalue weighted by Crippen LogP contribution is -2.36. The number of nitrogens with zero attached hydrogens (tertiary/aromatic N) is 1. The molecule has 2 fully saturated rings. The van der Waals surface area contributed by atoms with Crippen LogP contribution in [-0.4, -0.2) is 51.5 Å². The van der Waals surface area contributed by atoms with E-state index in [-0.39, 0.29) is 12.0 Å². The fourth-order valence-corrected chi connectivity index (χ4v) is 3.75. The third-order valence-corrected chi connectivity index (χ3v) is 5.35. The molecule has 0 spiro atoms. The Balaban J connectivity index is 1.46. The molecule has 2 aliphatic rings. The standard InChI is InChI=1S/C22H25ClN2O4/c23-17-6-7-21(25-8-11-27-12-9-25)20(14-17)24-22(26)16-3-1-4-18(13-16)29-15-19-5-2-10-28-19/h1,3-4,6-7,13-14,19H,2,5,8-12,15H2,(H,24,26)/t19-/m1/s1. The first-order chi connectivity index (χ1) is 14.2. The molecule has 0 aromatic heterocycles. The highest BCUT2D eigenvalue weighted by molar-refractivity contribution is 6.31. The summed E-state index contributed by atoms with van der Waals surface area (Å²) in [4.78, 5) is 15.1. The molecule has 2 heterocycles. The summed E-state index contributed by atoms with van der Waals surface area (Å²) in [5.41, 5.74) is 2.16. The van der Waals surface area contributed by atoms with Crippen LogP contribution in [0, 0.1) is 0 Å². The Morgan fingerprint density at radius 2 is 2.03 bits per heavy atom. The lowest BCUT2D eigenvalue weighted by atomic mass is 10.1. The molecule has 6 nitrogen and oxygen atoms in total. The molecule has 2 aromatic carbocycles. The number of ether oxygens (including phenoxy) is 3. The third kappa shape index (κ3) is 5.21. The van der Waals surface area contributed by atoms with Gasteiger partial charge >= 0.3 is 0 Å². The number of hydrogen-bond donors (Lipinski definition) is 1. The van der Waals surface area contributed by atoms with E-state index in [4.69, 9.17) is 25.8 Å². The zero-order valence-corrected chi connectivity index (χ0v) is 17.0. The molecule has 4 rings (SSSR count). The van der Waals surface area contributed by atoms with E-state index in [1.54, 1.807) is 18.2 Å². The van der Waals surface area contributed by atoms with Gasteiger partial charge in [-0.05, 0) is 49.2 Å². The van der Waals surface area contributed by atoms with Crippen molar-refractivity contribution in [2.45, 2.75) is 18.9 Å². The van der Waals surface area contributed by atoms with Crippen molar-refractivity contribution in [1.82, 2.24) is 0 Å². The number of carbonyl (C=O) groups is 1. The van der Waals surface area contributed by atoms with E-state index in [9.17, 15) is 4.79 Å². The molecule has 29 heavy (non-hydrogen) atoms. The highest BCUT2D eigenvalue weighted by atomic mass is 35.5. The number of carbonyl (C=O) groups excluding carboxylic acids is 1. The fraction of sp³-hybridized carbons (Fsp3) is 0.409. The van der Waals surface area contributed by atoms with Crippen LogP contribution in [0.5, 0.6) is 5.75 Å². The summed E-state index contributed by atoms with van der Waals surface area (Å²) in [6.45, 7) is 4.18. The van der Waals surface area contributed by atoms with Crippen molar-refractivity contribution < 1.29 is 19.0 Å². The van der Waals surface area contributed by atoms with Crippen LogP contribution in [0.15, 0.2) is 42.5 Å². The van der Waals surface area contributed by atoms with E-state index in [0.29, 0.717) is 41.8 Å². The van der Waals surface area contributed by atoms with E-state index in [0.717, 1.165) is 38.2 Å². The van der Waals surface area contributed by atoms with Gasteiger partial charge in [0.25, 0.3) is 5.91 Å². The number of amides is 1. The van der Waals surface area contributed by atoms with Crippen molar-refractivity contribution in [2.24, 2.45) is 0 Å². The van der Waals surface area contributed by atoms with Crippen LogP contribution in [0.3, 0.4) is 0 Å². The molecular weight excluding hydrogens is 392 g/mol. The first-order valence-electron chi connectivity index (χ1n) is 9.97. The van der Waals surface area contributed by atoms with Gasteiger partial charge in [0.05, 0.1) is 30.7 Å². The van der Waals surface area contributed by atoms with Gasteiger partial charge in [-0.1, -0.05) is 17.7 Å². The zero-order valence-electron chi connectivity index (χ0n) is 16.2. The number of morpholine rings is 1. The molecule has 1 N–H and O–H groups in total. The van der Waals surface area contributed by atoms with Crippen molar-refractivity contribution in [2.75, 3.05) is 49.7 Å². The van der Waals surface area contributed by atoms with Crippen LogP contribution in [0.25, 0.3) is 0 Å². The molecule has 0 aliphatic carbocycles. The summed E-state index contributed by atoms with van der Waals surface area (Å²) in [5.74, 6) is 0.456. The van der Waals surface area contributed by atoms with Crippen LogP contribution < -0.4 is 15.0 Å². The monoisotopic (exact) mass is 416 g/mol. The minimum atomic E-state index is -0.204. The van der Waals surface area contributed by atoms with Gasteiger partial charge in [0.15, 0.2) is 0 Å². The molecule has 0 saturated carbocycles. The highest BCUT2D eigenvalue weighted by Crippen LogP contribution is 2.30. The SMILES string of the molecule is O=C(Nc1cc(Cl)ccc1N1CCOCC1)c1cccc(OC[C@H]2CCCO2)c1. The second kappa shape index (κ2) is 9.48. The fourth-order valence-electron chi connectivity index (χ4n) is 3.57. The molecule has 0 bridgehead atoms. The lowest BCUT2D eigenvalue weighted by Gasteiger charge is -2.30. The second-order valence-electron chi connectivity index (χ2n) is 7.19. The number of halogens is 1. The van der Waals surface area contributed by atoms with E-state index in [1.165, 1.54) is 0 Å². The maximum absolute atomic E-state index is 12.9. The maximum Gasteiger partial charge on any atom is 0.255 e. The lowest BCUT2D eigenvalue weighted by molar-refractivity contribution is 0.0679. The summed E-state index contributed by atoms with van der Waals surface area (Å²) < 4.78 is 16.8. The van der Waals surface area contributed by atoms with E-state index in [2.05, 4.69) is 10.2 Å². The minimum Gasteiger partial charge on any atom is -0.491 e. The molecule has 2 aromatic rings. The van der Waals surface area contributed by atoms with Gasteiger partial charge in [-0.3, -0.25) is 4.79 Å². The Labute approximate surface area is 175 Å². The molecule has 1 atom stereocenters. The van der Waals surface area contributed by atoms with Crippen LogP contribution in [-0.2, 0) is 9.47 Å². The zero-order chi connectivity index (χ0) is 20.1. The van der Waals surface area contributed by atoms with E-state index in [1.807, 2.05) is 24.3 Å². The average molecular weight is 417 g/mol. The summed E-state index contributed by atoms with van der Waals surface area (Å²) in [7, 11) is 0. The number of nitrogens with one attached hydrogen (secondary N) is 1. The Morgan fingerprint density at radius 1 is 1.17 bits per heavy atom. The van der Waals surface area contributed by atoms with Crippen molar-refractivity contribution in [3.63, 3.8) is 0 Å². The Bertz CT molecular complexity index is 848. The molecule has 154 valence electrons. The number of hydrogen-bond acceptors (Lipinski definition) is 5. The van der Waals surface area contributed by atoms with Crippen molar-refractivity contribution in [3.05, 3.63) is 53.1 Å². The normalized spacial score (nSPS) is 19.2. The predicted molar refractivity (Wildman–Crippen MR) is 113 cm³/mol. The van der Waals surface area contributed by atoms with Crippen LogP contribution in [0.4, 0.5) is 11.4 Å². The molecular formula is C22H25ClN2O4. The van der Waals surface area contributed by atoms with Gasteiger partial charge < -0.3 is 24.4 Å². The molecule has 7 heteroatoms. The van der Waals surface area contributed by atoms with Crippen molar-refractivity contribution in [3.8, 4) is 5.75 Å². The largest absolute Gasteiger partial charge is 0.491 e. The summed E-state index contributed by atoms with van der Waals surface area (Å²) in [6.07, 6.45) is 2.22. The smallest absolute Gasteiger partial charge is 0.255 e. The van der Waals surface area contributed by atoms with E-state index < -0.39 is 0 Å². The van der Waals surface area contributed by atoms with Gasteiger partial charge in [-0.2, -0.15) is 0 Å². The van der Waals surface area contributed by atoms with Gasteiger partial charge in [-0.25, -0.2) is 0 Å². The number of anilines is 2. The van der Waals surface area contributed by atoms with Gasteiger partial charge in [0, 0.05) is 30.3 Å². The van der Waals surface area contributed by atoms with Gasteiger partial charge in [-0.15, -0.1) is 0 Å². The maximum atomic E-state index is 12.9. The Morgan fingerprint density at radius 3 is 2.83 bits per heavy atom. The summed E-state index contributed by atoms with van der Waals surface area (Å²) in [5, 5.41) is 3.58. The molecule has 1 amide bonds. The predicted octanol–water partition coefficient (Wildman–Crippen LogP) is 3.99. The van der Waals surface area contributed by atoms with Gasteiger partial charge in [0.2, 0.25) is 0 Å². The Hall–Kier alpha value is -2.28. The third-order valence-electron chi connectivity index (χ3n) is 5.11. The topological polar surface area (TPSA) is 60.0 Å². The van der Waals surface area contributed by atoms with Crippen LogP contribution in [0.2, 0.25) is 5.02 Å². The average Bonchev–Trinajstić information content (AvgIpc) is 3.27. The Kier molecular flexibility index (Phi) is 6.54. The van der Waals surface area contributed by atoms with Crippen molar-refractivity contribution >= 4 is 28.9 Å². The minimum absolute atomic E-state index is 0.134. The molecule has 2 aliphatic heterocycles. The first kappa shape index (κ1) is 20.0. The molecule has 2 saturated heterocycles. The highest BCUT2D eigenvalue weighted by Gasteiger charge is 2.18. The quantitative estimate of drug-likeness (QED) is 0.771. The van der Waals surface area contributed by atoms with Gasteiger partial charge in [0.1, 0.15) is 12.4 Å².